The van der Waals surface area contributed by atoms with Gasteiger partial charge in [-0.2, -0.15) is 5.10 Å². The van der Waals surface area contributed by atoms with Crippen molar-refractivity contribution >= 4 is 15.5 Å². The van der Waals surface area contributed by atoms with E-state index in [2.05, 4.69) is 49.1 Å². The van der Waals surface area contributed by atoms with Crippen molar-refractivity contribution in [3.05, 3.63) is 47.3 Å². The van der Waals surface area contributed by atoms with Crippen molar-refractivity contribution in [2.24, 2.45) is 0 Å². The molecule has 0 radical (unpaired) electrons. The Morgan fingerprint density at radius 3 is 2.50 bits per heavy atom. The van der Waals surface area contributed by atoms with Gasteiger partial charge in [-0.05, 0) is 50.5 Å². The summed E-state index contributed by atoms with van der Waals surface area (Å²) in [6, 6.07) is 6.50. The van der Waals surface area contributed by atoms with Gasteiger partial charge in [0.15, 0.2) is 9.84 Å². The molecule has 1 aromatic carbocycles. The van der Waals surface area contributed by atoms with Gasteiger partial charge in [-0.1, -0.05) is 6.07 Å². The predicted molar refractivity (Wildman–Crippen MR) is 97.2 cm³/mol. The normalized spacial score (nSPS) is 22.7. The third-order valence-electron chi connectivity index (χ3n) is 4.74. The molecule has 0 spiro atoms. The van der Waals surface area contributed by atoms with Gasteiger partial charge < -0.3 is 4.90 Å². The first kappa shape index (κ1) is 17.0. The van der Waals surface area contributed by atoms with Crippen LogP contribution in [0.1, 0.15) is 30.0 Å². The summed E-state index contributed by atoms with van der Waals surface area (Å²) in [5.74, 6) is 0.426. The highest BCUT2D eigenvalue weighted by atomic mass is 32.2. The van der Waals surface area contributed by atoms with E-state index in [1.165, 1.54) is 16.8 Å². The monoisotopic (exact) mass is 347 g/mol. The molecule has 2 aromatic rings. The van der Waals surface area contributed by atoms with Crippen molar-refractivity contribution in [3.63, 3.8) is 0 Å². The minimum atomic E-state index is -2.94. The summed E-state index contributed by atoms with van der Waals surface area (Å²) < 4.78 is 25.4. The van der Waals surface area contributed by atoms with E-state index in [1.807, 2.05) is 24.0 Å². The fourth-order valence-corrected chi connectivity index (χ4v) is 5.57. The fourth-order valence-electron chi connectivity index (χ4n) is 3.45. The van der Waals surface area contributed by atoms with Crippen LogP contribution in [0, 0.1) is 13.8 Å². The van der Waals surface area contributed by atoms with Crippen LogP contribution in [0.2, 0.25) is 0 Å². The summed E-state index contributed by atoms with van der Waals surface area (Å²) >= 11 is 0. The molecule has 1 aliphatic heterocycles. The molecule has 1 fully saturated rings. The first-order valence-electron chi connectivity index (χ1n) is 8.21. The lowest BCUT2D eigenvalue weighted by atomic mass is 10.0. The number of aryl methyl sites for hydroxylation is 2. The number of hydrogen-bond donors (Lipinski definition) is 0. The van der Waals surface area contributed by atoms with Crippen molar-refractivity contribution in [2.75, 3.05) is 23.5 Å². The van der Waals surface area contributed by atoms with Crippen LogP contribution in [-0.2, 0) is 21.9 Å². The van der Waals surface area contributed by atoms with Gasteiger partial charge in [0.25, 0.3) is 0 Å². The Kier molecular flexibility index (Phi) is 4.20. The Balaban J connectivity index is 1.77. The zero-order valence-electron chi connectivity index (χ0n) is 14.8. The lowest BCUT2D eigenvalue weighted by Crippen LogP contribution is -2.31. The molecule has 0 saturated carbocycles. The van der Waals surface area contributed by atoms with Crippen molar-refractivity contribution in [1.29, 1.82) is 0 Å². The summed E-state index contributed by atoms with van der Waals surface area (Å²) in [4.78, 5) is 2.19. The molecule has 0 aliphatic carbocycles. The van der Waals surface area contributed by atoms with Gasteiger partial charge in [-0.3, -0.25) is 4.68 Å². The minimum absolute atomic E-state index is 0.175. The molecule has 6 heteroatoms. The standard InChI is InChI=1S/C18H25N3O2S/c1-14-7-15(2)9-17(8-14)20(4)11-16-10-19-21(12-16)18(3)5-6-24(22,23)13-18/h7-10,12H,5-6,11,13H2,1-4H3. The van der Waals surface area contributed by atoms with E-state index in [0.29, 0.717) is 6.42 Å². The molecule has 1 unspecified atom stereocenters. The first-order valence-corrected chi connectivity index (χ1v) is 10.0. The maximum Gasteiger partial charge on any atom is 0.152 e. The van der Waals surface area contributed by atoms with Crippen LogP contribution >= 0.6 is 0 Å². The Morgan fingerprint density at radius 1 is 1.25 bits per heavy atom. The average molecular weight is 347 g/mol. The maximum atomic E-state index is 11.8. The summed E-state index contributed by atoms with van der Waals surface area (Å²) in [7, 11) is -0.877. The topological polar surface area (TPSA) is 55.2 Å². The highest BCUT2D eigenvalue weighted by molar-refractivity contribution is 7.91. The molecular formula is C18H25N3O2S. The number of benzene rings is 1. The van der Waals surface area contributed by atoms with Crippen LogP contribution < -0.4 is 4.90 Å². The van der Waals surface area contributed by atoms with Crippen LogP contribution in [0.15, 0.2) is 30.6 Å². The van der Waals surface area contributed by atoms with E-state index < -0.39 is 15.4 Å². The Labute approximate surface area is 144 Å². The number of nitrogens with zero attached hydrogens (tertiary/aromatic N) is 3. The van der Waals surface area contributed by atoms with Gasteiger partial charge in [0.1, 0.15) is 0 Å². The van der Waals surface area contributed by atoms with Gasteiger partial charge in [-0.25, -0.2) is 8.42 Å². The fraction of sp³-hybridized carbons (Fsp3) is 0.500. The molecule has 5 nitrogen and oxygen atoms in total. The summed E-state index contributed by atoms with van der Waals surface area (Å²) in [5, 5.41) is 4.44. The van der Waals surface area contributed by atoms with Crippen LogP contribution in [0.3, 0.4) is 0 Å². The molecule has 1 atom stereocenters. The third kappa shape index (κ3) is 3.48. The minimum Gasteiger partial charge on any atom is -0.370 e. The van der Waals surface area contributed by atoms with Gasteiger partial charge in [-0.15, -0.1) is 0 Å². The Hall–Kier alpha value is -1.82. The molecule has 1 saturated heterocycles. The summed E-state index contributed by atoms with van der Waals surface area (Å²) in [6.07, 6.45) is 4.46. The lowest BCUT2D eigenvalue weighted by molar-refractivity contribution is 0.328. The van der Waals surface area contributed by atoms with Crippen molar-refractivity contribution in [3.8, 4) is 0 Å². The molecule has 0 N–H and O–H groups in total. The second-order valence-electron chi connectivity index (χ2n) is 7.33. The van der Waals surface area contributed by atoms with Crippen molar-refractivity contribution < 1.29 is 8.42 Å². The quantitative estimate of drug-likeness (QED) is 0.853. The lowest BCUT2D eigenvalue weighted by Gasteiger charge is -2.23. The molecule has 0 amide bonds. The zero-order chi connectivity index (χ0) is 17.5. The number of rotatable bonds is 4. The van der Waals surface area contributed by atoms with E-state index in [-0.39, 0.29) is 11.5 Å². The van der Waals surface area contributed by atoms with E-state index in [0.717, 1.165) is 12.1 Å². The molecular weight excluding hydrogens is 322 g/mol. The summed E-state index contributed by atoms with van der Waals surface area (Å²) in [5.41, 5.74) is 4.33. The zero-order valence-corrected chi connectivity index (χ0v) is 15.6. The second kappa shape index (κ2) is 5.92. The van der Waals surface area contributed by atoms with Gasteiger partial charge >= 0.3 is 0 Å². The van der Waals surface area contributed by atoms with E-state index >= 15 is 0 Å². The smallest absolute Gasteiger partial charge is 0.152 e. The van der Waals surface area contributed by atoms with Crippen molar-refractivity contribution in [2.45, 2.75) is 39.3 Å². The van der Waals surface area contributed by atoms with Crippen LogP contribution in [0.5, 0.6) is 0 Å². The predicted octanol–water partition coefficient (Wildman–Crippen LogP) is 2.67. The largest absolute Gasteiger partial charge is 0.370 e. The van der Waals surface area contributed by atoms with Crippen LogP contribution in [0.25, 0.3) is 0 Å². The number of anilines is 1. The summed E-state index contributed by atoms with van der Waals surface area (Å²) in [6.45, 7) is 6.92. The molecule has 1 aliphatic rings. The van der Waals surface area contributed by atoms with Crippen LogP contribution in [-0.4, -0.2) is 36.8 Å². The molecule has 130 valence electrons. The van der Waals surface area contributed by atoms with Gasteiger partial charge in [0.05, 0.1) is 23.2 Å². The molecule has 0 bridgehead atoms. The molecule has 1 aromatic heterocycles. The Bertz CT molecular complexity index is 837. The highest BCUT2D eigenvalue weighted by Crippen LogP contribution is 2.30. The van der Waals surface area contributed by atoms with Gasteiger partial charge in [0, 0.05) is 31.0 Å². The number of sulfone groups is 1. The number of hydrogen-bond acceptors (Lipinski definition) is 4. The molecule has 24 heavy (non-hydrogen) atoms. The van der Waals surface area contributed by atoms with Gasteiger partial charge in [0.2, 0.25) is 0 Å². The molecule has 3 rings (SSSR count). The van der Waals surface area contributed by atoms with E-state index in [4.69, 9.17) is 0 Å². The average Bonchev–Trinajstić information content (AvgIpc) is 3.03. The van der Waals surface area contributed by atoms with E-state index in [1.54, 1.807) is 0 Å². The second-order valence-corrected chi connectivity index (χ2v) is 9.52. The highest BCUT2D eigenvalue weighted by Gasteiger charge is 2.40. The van der Waals surface area contributed by atoms with Crippen molar-refractivity contribution in [1.82, 2.24) is 9.78 Å². The third-order valence-corrected chi connectivity index (χ3v) is 6.63. The Morgan fingerprint density at radius 2 is 1.92 bits per heavy atom. The SMILES string of the molecule is Cc1cc(C)cc(N(C)Cc2cnn(C3(C)CCS(=O)(=O)C3)c2)c1. The molecule has 2 heterocycles. The van der Waals surface area contributed by atoms with E-state index in [9.17, 15) is 8.42 Å². The van der Waals surface area contributed by atoms with Crippen LogP contribution in [0.4, 0.5) is 5.69 Å². The maximum absolute atomic E-state index is 11.8. The first-order chi connectivity index (χ1) is 11.2. The number of aromatic nitrogens is 2.